The fourth-order valence-electron chi connectivity index (χ4n) is 1.38. The maximum Gasteiger partial charge on any atom is 0.318 e. The van der Waals surface area contributed by atoms with E-state index >= 15 is 0 Å². The predicted octanol–water partition coefficient (Wildman–Crippen LogP) is 3.08. The third-order valence-corrected chi connectivity index (χ3v) is 2.84. The SMILES string of the molecule is CCOc1ncc(Br)c(Nc2cccnc2C)n1. The molecule has 5 nitrogen and oxygen atoms in total. The summed E-state index contributed by atoms with van der Waals surface area (Å²) in [6.07, 6.45) is 3.41. The number of anilines is 2. The van der Waals surface area contributed by atoms with Crippen molar-refractivity contribution in [2.45, 2.75) is 13.8 Å². The number of pyridine rings is 1. The minimum atomic E-state index is 0.352. The molecule has 2 aromatic heterocycles. The van der Waals surface area contributed by atoms with E-state index in [0.29, 0.717) is 18.4 Å². The van der Waals surface area contributed by atoms with Crippen LogP contribution in [0.5, 0.6) is 6.01 Å². The molecule has 0 aromatic carbocycles. The molecule has 0 bridgehead atoms. The zero-order valence-electron chi connectivity index (χ0n) is 10.1. The molecule has 2 aromatic rings. The van der Waals surface area contributed by atoms with Gasteiger partial charge in [-0.25, -0.2) is 4.98 Å². The molecule has 6 heteroatoms. The van der Waals surface area contributed by atoms with E-state index in [-0.39, 0.29) is 0 Å². The first-order valence-corrected chi connectivity index (χ1v) is 6.34. The van der Waals surface area contributed by atoms with Gasteiger partial charge in [0.05, 0.1) is 28.7 Å². The lowest BCUT2D eigenvalue weighted by Gasteiger charge is -2.10. The van der Waals surface area contributed by atoms with Crippen LogP contribution in [-0.4, -0.2) is 21.6 Å². The second-order valence-electron chi connectivity index (χ2n) is 3.54. The van der Waals surface area contributed by atoms with E-state index in [2.05, 4.69) is 36.2 Å². The lowest BCUT2D eigenvalue weighted by molar-refractivity contribution is 0.313. The molecule has 0 saturated carbocycles. The van der Waals surface area contributed by atoms with Crippen molar-refractivity contribution < 1.29 is 4.74 Å². The van der Waals surface area contributed by atoms with Crippen molar-refractivity contribution in [1.82, 2.24) is 15.0 Å². The number of halogens is 1. The second kappa shape index (κ2) is 5.77. The Bertz CT molecular complexity index is 547. The van der Waals surface area contributed by atoms with Crippen molar-refractivity contribution in [2.75, 3.05) is 11.9 Å². The molecule has 0 atom stereocenters. The Morgan fingerprint density at radius 3 is 2.94 bits per heavy atom. The Balaban J connectivity index is 2.28. The summed E-state index contributed by atoms with van der Waals surface area (Å²) in [7, 11) is 0. The van der Waals surface area contributed by atoms with Gasteiger partial charge in [0, 0.05) is 6.20 Å². The molecule has 0 amide bonds. The lowest BCUT2D eigenvalue weighted by atomic mass is 10.3. The van der Waals surface area contributed by atoms with Gasteiger partial charge in [0.2, 0.25) is 0 Å². The van der Waals surface area contributed by atoms with Gasteiger partial charge in [-0.2, -0.15) is 4.98 Å². The third-order valence-electron chi connectivity index (χ3n) is 2.26. The van der Waals surface area contributed by atoms with Crippen molar-refractivity contribution in [3.8, 4) is 6.01 Å². The normalized spacial score (nSPS) is 10.2. The van der Waals surface area contributed by atoms with Gasteiger partial charge in [-0.1, -0.05) is 0 Å². The lowest BCUT2D eigenvalue weighted by Crippen LogP contribution is -2.02. The number of hydrogen-bond acceptors (Lipinski definition) is 5. The molecule has 0 aliphatic heterocycles. The van der Waals surface area contributed by atoms with Gasteiger partial charge in [-0.05, 0) is 41.9 Å². The Morgan fingerprint density at radius 2 is 2.22 bits per heavy atom. The molecule has 0 unspecified atom stereocenters. The molecule has 18 heavy (non-hydrogen) atoms. The average molecular weight is 309 g/mol. The topological polar surface area (TPSA) is 59.9 Å². The summed E-state index contributed by atoms with van der Waals surface area (Å²) in [4.78, 5) is 12.5. The summed E-state index contributed by atoms with van der Waals surface area (Å²) < 4.78 is 6.04. The quantitative estimate of drug-likeness (QED) is 0.940. The Hall–Kier alpha value is -1.69. The van der Waals surface area contributed by atoms with Crippen LogP contribution in [0.1, 0.15) is 12.6 Å². The van der Waals surface area contributed by atoms with Gasteiger partial charge in [-0.15, -0.1) is 0 Å². The first-order chi connectivity index (χ1) is 8.70. The largest absolute Gasteiger partial charge is 0.464 e. The predicted molar refractivity (Wildman–Crippen MR) is 73.2 cm³/mol. The molecular weight excluding hydrogens is 296 g/mol. The smallest absolute Gasteiger partial charge is 0.318 e. The summed E-state index contributed by atoms with van der Waals surface area (Å²) in [5.74, 6) is 0.657. The van der Waals surface area contributed by atoms with E-state index in [0.717, 1.165) is 15.9 Å². The average Bonchev–Trinajstić information content (AvgIpc) is 2.36. The highest BCUT2D eigenvalue weighted by molar-refractivity contribution is 9.10. The molecule has 0 aliphatic rings. The van der Waals surface area contributed by atoms with Gasteiger partial charge in [-0.3, -0.25) is 4.98 Å². The third kappa shape index (κ3) is 2.95. The summed E-state index contributed by atoms with van der Waals surface area (Å²) >= 11 is 3.40. The number of aryl methyl sites for hydroxylation is 1. The van der Waals surface area contributed by atoms with Gasteiger partial charge >= 0.3 is 6.01 Å². The summed E-state index contributed by atoms with van der Waals surface area (Å²) in [6, 6.07) is 4.16. The summed E-state index contributed by atoms with van der Waals surface area (Å²) in [6.45, 7) is 4.36. The summed E-state index contributed by atoms with van der Waals surface area (Å²) in [5, 5.41) is 3.20. The van der Waals surface area contributed by atoms with Crippen LogP contribution in [0.15, 0.2) is 29.0 Å². The van der Waals surface area contributed by atoms with E-state index in [9.17, 15) is 0 Å². The second-order valence-corrected chi connectivity index (χ2v) is 4.40. The molecular formula is C12H13BrN4O. The molecule has 0 fully saturated rings. The number of nitrogens with one attached hydrogen (secondary N) is 1. The van der Waals surface area contributed by atoms with Crippen molar-refractivity contribution >= 4 is 27.4 Å². The van der Waals surface area contributed by atoms with Crippen LogP contribution in [0.3, 0.4) is 0 Å². The Kier molecular flexibility index (Phi) is 4.09. The molecule has 0 spiro atoms. The van der Waals surface area contributed by atoms with Crippen molar-refractivity contribution in [1.29, 1.82) is 0 Å². The fourth-order valence-corrected chi connectivity index (χ4v) is 1.67. The Labute approximate surface area is 114 Å². The van der Waals surface area contributed by atoms with Gasteiger partial charge in [0.1, 0.15) is 0 Å². The molecule has 94 valence electrons. The molecule has 0 radical (unpaired) electrons. The minimum absolute atomic E-state index is 0.352. The highest BCUT2D eigenvalue weighted by Crippen LogP contribution is 2.25. The standard InChI is InChI=1S/C12H13BrN4O/c1-3-18-12-15-7-9(13)11(17-12)16-10-5-4-6-14-8(10)2/h4-7H,3H2,1-2H3,(H,15,16,17). The minimum Gasteiger partial charge on any atom is -0.464 e. The van der Waals surface area contributed by atoms with Crippen LogP contribution in [0.2, 0.25) is 0 Å². The van der Waals surface area contributed by atoms with Crippen LogP contribution in [0.4, 0.5) is 11.5 Å². The highest BCUT2D eigenvalue weighted by Gasteiger charge is 2.07. The fraction of sp³-hybridized carbons (Fsp3) is 0.250. The van der Waals surface area contributed by atoms with E-state index in [1.165, 1.54) is 0 Å². The van der Waals surface area contributed by atoms with Crippen LogP contribution in [-0.2, 0) is 0 Å². The van der Waals surface area contributed by atoms with Crippen LogP contribution < -0.4 is 10.1 Å². The van der Waals surface area contributed by atoms with Gasteiger partial charge < -0.3 is 10.1 Å². The van der Waals surface area contributed by atoms with E-state index in [4.69, 9.17) is 4.74 Å². The Morgan fingerprint density at radius 1 is 1.39 bits per heavy atom. The van der Waals surface area contributed by atoms with Gasteiger partial charge in [0.15, 0.2) is 5.82 Å². The van der Waals surface area contributed by atoms with Crippen LogP contribution in [0, 0.1) is 6.92 Å². The molecule has 0 aliphatic carbocycles. The first kappa shape index (κ1) is 12.8. The molecule has 0 saturated heterocycles. The number of ether oxygens (including phenoxy) is 1. The first-order valence-electron chi connectivity index (χ1n) is 5.54. The van der Waals surface area contributed by atoms with Crippen molar-refractivity contribution in [3.63, 3.8) is 0 Å². The molecule has 1 N–H and O–H groups in total. The zero-order valence-corrected chi connectivity index (χ0v) is 11.7. The molecule has 2 rings (SSSR count). The maximum atomic E-state index is 5.27. The van der Waals surface area contributed by atoms with Crippen molar-refractivity contribution in [2.24, 2.45) is 0 Å². The number of aromatic nitrogens is 3. The van der Waals surface area contributed by atoms with Gasteiger partial charge in [0.25, 0.3) is 0 Å². The van der Waals surface area contributed by atoms with Crippen molar-refractivity contribution in [3.05, 3.63) is 34.7 Å². The van der Waals surface area contributed by atoms with E-state index in [1.807, 2.05) is 26.0 Å². The maximum absolute atomic E-state index is 5.27. The monoisotopic (exact) mass is 308 g/mol. The van der Waals surface area contributed by atoms with E-state index in [1.54, 1.807) is 12.4 Å². The van der Waals surface area contributed by atoms with E-state index < -0.39 is 0 Å². The zero-order chi connectivity index (χ0) is 13.0. The van der Waals surface area contributed by atoms with Crippen LogP contribution >= 0.6 is 15.9 Å². The number of rotatable bonds is 4. The summed E-state index contributed by atoms with van der Waals surface area (Å²) in [5.41, 5.74) is 1.81. The highest BCUT2D eigenvalue weighted by atomic mass is 79.9. The van der Waals surface area contributed by atoms with Crippen LogP contribution in [0.25, 0.3) is 0 Å². The molecule has 2 heterocycles. The number of nitrogens with zero attached hydrogens (tertiary/aromatic N) is 3. The number of hydrogen-bond donors (Lipinski definition) is 1.